The molecule has 0 saturated heterocycles. The third-order valence-electron chi connectivity index (χ3n) is 8.32. The van der Waals surface area contributed by atoms with E-state index in [9.17, 15) is 0 Å². The van der Waals surface area contributed by atoms with Gasteiger partial charge in [-0.25, -0.2) is 0 Å². The highest BCUT2D eigenvalue weighted by atomic mass is 14.7. The second kappa shape index (κ2) is 5.99. The molecule has 0 amide bonds. The second-order valence-corrected chi connectivity index (χ2v) is 9.24. The lowest BCUT2D eigenvalue weighted by molar-refractivity contribution is 0.0545. The van der Waals surface area contributed by atoms with Crippen LogP contribution >= 0.6 is 0 Å². The number of rotatable bonds is 8. The molecule has 7 atom stereocenters. The maximum Gasteiger partial charge on any atom is -0.0191 e. The fraction of sp³-hybridized carbons (Fsp3) is 0.909. The molecular formula is C22H36. The van der Waals surface area contributed by atoms with Gasteiger partial charge in [0.25, 0.3) is 0 Å². The van der Waals surface area contributed by atoms with Crippen molar-refractivity contribution in [3.8, 4) is 0 Å². The highest BCUT2D eigenvalue weighted by molar-refractivity contribution is 5.23. The highest BCUT2D eigenvalue weighted by Crippen LogP contribution is 2.73. The van der Waals surface area contributed by atoms with Crippen LogP contribution in [-0.4, -0.2) is 0 Å². The molecule has 0 heteroatoms. The number of hydrogen-bond acceptors (Lipinski definition) is 0. The van der Waals surface area contributed by atoms with Crippen molar-refractivity contribution in [1.29, 1.82) is 0 Å². The third kappa shape index (κ3) is 2.23. The lowest BCUT2D eigenvalue weighted by Gasteiger charge is -2.44. The van der Waals surface area contributed by atoms with Crippen molar-refractivity contribution in [3.05, 3.63) is 12.2 Å². The molecule has 4 bridgehead atoms. The van der Waals surface area contributed by atoms with Gasteiger partial charge in [-0.3, -0.25) is 0 Å². The lowest BCUT2D eigenvalue weighted by Crippen LogP contribution is -2.38. The Labute approximate surface area is 138 Å². The fourth-order valence-corrected chi connectivity index (χ4v) is 7.38. The van der Waals surface area contributed by atoms with Crippen LogP contribution in [0.5, 0.6) is 0 Å². The van der Waals surface area contributed by atoms with Gasteiger partial charge in [-0.1, -0.05) is 70.9 Å². The van der Waals surface area contributed by atoms with Crippen LogP contribution < -0.4 is 0 Å². The first-order valence-electron chi connectivity index (χ1n) is 10.4. The minimum Gasteiger partial charge on any atom is -0.0848 e. The zero-order valence-electron chi connectivity index (χ0n) is 14.9. The van der Waals surface area contributed by atoms with Crippen molar-refractivity contribution in [2.24, 2.45) is 40.9 Å². The van der Waals surface area contributed by atoms with E-state index in [4.69, 9.17) is 0 Å². The van der Waals surface area contributed by atoms with Crippen LogP contribution in [0.15, 0.2) is 12.2 Å². The highest BCUT2D eigenvalue weighted by Gasteiger charge is 2.65. The molecular weight excluding hydrogens is 264 g/mol. The van der Waals surface area contributed by atoms with E-state index in [2.05, 4.69) is 26.0 Å². The van der Waals surface area contributed by atoms with Gasteiger partial charge in [0.15, 0.2) is 0 Å². The monoisotopic (exact) mass is 300 g/mol. The summed E-state index contributed by atoms with van der Waals surface area (Å²) < 4.78 is 0. The van der Waals surface area contributed by atoms with E-state index in [0.29, 0.717) is 0 Å². The summed E-state index contributed by atoms with van der Waals surface area (Å²) in [5.74, 6) is 6.27. The summed E-state index contributed by atoms with van der Waals surface area (Å²) in [5, 5.41) is 0. The summed E-state index contributed by atoms with van der Waals surface area (Å²) >= 11 is 0. The number of allylic oxidation sites excluding steroid dienone is 2. The normalized spacial score (nSPS) is 45.6. The molecule has 0 aromatic carbocycles. The first-order valence-corrected chi connectivity index (χ1v) is 10.4. The maximum absolute atomic E-state index is 2.63. The molecule has 0 aliphatic heterocycles. The summed E-state index contributed by atoms with van der Waals surface area (Å²) in [6, 6.07) is 0. The van der Waals surface area contributed by atoms with Crippen LogP contribution in [0, 0.1) is 40.9 Å². The molecule has 0 aromatic rings. The molecule has 3 fully saturated rings. The molecule has 0 spiro atoms. The predicted octanol–water partition coefficient (Wildman–Crippen LogP) is 6.61. The largest absolute Gasteiger partial charge is 0.0848 e. The van der Waals surface area contributed by atoms with E-state index in [-0.39, 0.29) is 0 Å². The first kappa shape index (κ1) is 15.3. The molecule has 124 valence electrons. The van der Waals surface area contributed by atoms with E-state index >= 15 is 0 Å². The van der Waals surface area contributed by atoms with Gasteiger partial charge >= 0.3 is 0 Å². The molecule has 4 aliphatic carbocycles. The maximum atomic E-state index is 2.63. The Morgan fingerprint density at radius 1 is 1.05 bits per heavy atom. The van der Waals surface area contributed by atoms with Crippen molar-refractivity contribution in [1.82, 2.24) is 0 Å². The molecule has 22 heavy (non-hydrogen) atoms. The van der Waals surface area contributed by atoms with E-state index in [1.165, 1.54) is 51.4 Å². The lowest BCUT2D eigenvalue weighted by atomic mass is 9.60. The Morgan fingerprint density at radius 3 is 2.68 bits per heavy atom. The molecule has 3 saturated carbocycles. The molecule has 4 aliphatic rings. The summed E-state index contributed by atoms with van der Waals surface area (Å²) in [5.41, 5.74) is 0.767. The topological polar surface area (TPSA) is 0 Å². The molecule has 0 aromatic heterocycles. The van der Waals surface area contributed by atoms with Gasteiger partial charge in [0, 0.05) is 0 Å². The smallest absolute Gasteiger partial charge is 0.0191 e. The molecule has 7 unspecified atom stereocenters. The zero-order valence-corrected chi connectivity index (χ0v) is 14.9. The Hall–Kier alpha value is -0.260. The average molecular weight is 301 g/mol. The predicted molar refractivity (Wildman–Crippen MR) is 94.6 cm³/mol. The van der Waals surface area contributed by atoms with Crippen LogP contribution in [0.1, 0.15) is 84.5 Å². The standard InChI is InChI=1S/C22H36/c1-3-4-5-6-7-8-9-16(2)22-13-12-19(15-22)20-17-10-11-18(14-17)21(20)22/h10-11,16-21H,3-9,12-15H2,1-2H3. The van der Waals surface area contributed by atoms with E-state index < -0.39 is 0 Å². The number of unbranched alkanes of at least 4 members (excludes halogenated alkanes) is 5. The van der Waals surface area contributed by atoms with Crippen molar-refractivity contribution in [3.63, 3.8) is 0 Å². The van der Waals surface area contributed by atoms with Crippen LogP contribution in [0.2, 0.25) is 0 Å². The minimum atomic E-state index is 0.767. The van der Waals surface area contributed by atoms with Gasteiger partial charge < -0.3 is 0 Å². The average Bonchev–Trinajstić information content (AvgIpc) is 3.29. The Morgan fingerprint density at radius 2 is 1.82 bits per heavy atom. The quantitative estimate of drug-likeness (QED) is 0.269. The molecule has 0 N–H and O–H groups in total. The fourth-order valence-electron chi connectivity index (χ4n) is 7.38. The molecule has 4 rings (SSSR count). The van der Waals surface area contributed by atoms with Crippen LogP contribution in [-0.2, 0) is 0 Å². The summed E-state index contributed by atoms with van der Waals surface area (Å²) in [6.07, 6.45) is 21.8. The Kier molecular flexibility index (Phi) is 4.16. The summed E-state index contributed by atoms with van der Waals surface area (Å²) in [4.78, 5) is 0. The van der Waals surface area contributed by atoms with E-state index in [1.54, 1.807) is 19.3 Å². The second-order valence-electron chi connectivity index (χ2n) is 9.24. The van der Waals surface area contributed by atoms with Gasteiger partial charge in [-0.2, -0.15) is 0 Å². The van der Waals surface area contributed by atoms with Gasteiger partial charge in [0.2, 0.25) is 0 Å². The van der Waals surface area contributed by atoms with E-state index in [0.717, 1.165) is 40.9 Å². The van der Waals surface area contributed by atoms with Gasteiger partial charge in [0.05, 0.1) is 0 Å². The molecule has 0 heterocycles. The Bertz CT molecular complexity index is 422. The Balaban J connectivity index is 1.34. The third-order valence-corrected chi connectivity index (χ3v) is 8.32. The summed E-state index contributed by atoms with van der Waals surface area (Å²) in [7, 11) is 0. The summed E-state index contributed by atoms with van der Waals surface area (Å²) in [6.45, 7) is 4.95. The zero-order chi connectivity index (χ0) is 15.2. The van der Waals surface area contributed by atoms with Crippen molar-refractivity contribution < 1.29 is 0 Å². The SMILES string of the molecule is CCCCCCCCC(C)C12CCC(C1)C1C3C=CC(C3)C12. The van der Waals surface area contributed by atoms with Crippen molar-refractivity contribution in [2.45, 2.75) is 84.5 Å². The van der Waals surface area contributed by atoms with Gasteiger partial charge in [0.1, 0.15) is 0 Å². The molecule has 0 nitrogen and oxygen atoms in total. The molecule has 0 radical (unpaired) electrons. The minimum absolute atomic E-state index is 0.767. The van der Waals surface area contributed by atoms with Crippen LogP contribution in [0.3, 0.4) is 0 Å². The number of hydrogen-bond donors (Lipinski definition) is 0. The van der Waals surface area contributed by atoms with Gasteiger partial charge in [-0.05, 0) is 66.6 Å². The van der Waals surface area contributed by atoms with E-state index in [1.807, 2.05) is 0 Å². The first-order chi connectivity index (χ1) is 10.8. The number of fused-ring (bicyclic) bond motifs is 9. The van der Waals surface area contributed by atoms with Gasteiger partial charge in [-0.15, -0.1) is 0 Å². The van der Waals surface area contributed by atoms with Crippen LogP contribution in [0.25, 0.3) is 0 Å². The van der Waals surface area contributed by atoms with Crippen molar-refractivity contribution in [2.75, 3.05) is 0 Å². The van der Waals surface area contributed by atoms with Crippen LogP contribution in [0.4, 0.5) is 0 Å². The van der Waals surface area contributed by atoms with Crippen molar-refractivity contribution >= 4 is 0 Å².